The number of primary amides is 1. The van der Waals surface area contributed by atoms with E-state index in [0.717, 1.165) is 6.07 Å². The molecule has 2 fully saturated rings. The minimum Gasteiger partial charge on any atom is -0.503 e. The summed E-state index contributed by atoms with van der Waals surface area (Å²) < 4.78 is 36.5. The number of nitrogens with zero attached hydrogens (tertiary/aromatic N) is 3. The van der Waals surface area contributed by atoms with E-state index in [4.69, 9.17) is 10.5 Å². The van der Waals surface area contributed by atoms with E-state index < -0.39 is 57.2 Å². The number of carbonyl (C=O) groups is 2. The lowest BCUT2D eigenvalue weighted by Crippen LogP contribution is -2.51. The maximum absolute atomic E-state index is 14.5. The van der Waals surface area contributed by atoms with Gasteiger partial charge in [0.25, 0.3) is 11.8 Å². The van der Waals surface area contributed by atoms with Crippen molar-refractivity contribution in [3.63, 3.8) is 0 Å². The van der Waals surface area contributed by atoms with Gasteiger partial charge in [0.05, 0.1) is 10.8 Å². The van der Waals surface area contributed by atoms with Crippen molar-refractivity contribution in [3.8, 4) is 5.75 Å². The fourth-order valence-electron chi connectivity index (χ4n) is 5.55. The number of nitrogens with two attached hydrogens (primary N) is 1. The molecule has 2 bridgehead atoms. The standard InChI is InChI=1S/C24H26F2N4O5S/c1-12-5-6-24(8-18(35-2)30(36-24)9-13-3-4-14(25)7-16(13)26)17-11-28(12)23(34)19-21(32)20(31)15(22(27)33)10-29(17)19/h3-4,7,10,12,17-18,32H,5-6,8-9,11H2,1-2H3,(H2,27,33)/t12-,17+,18?,24+/m0/s1. The van der Waals surface area contributed by atoms with Gasteiger partial charge in [-0.2, -0.15) is 0 Å². The highest BCUT2D eigenvalue weighted by atomic mass is 32.2. The van der Waals surface area contributed by atoms with Gasteiger partial charge in [0, 0.05) is 50.5 Å². The number of carbonyl (C=O) groups excluding carboxylic acids is 2. The van der Waals surface area contributed by atoms with Gasteiger partial charge >= 0.3 is 0 Å². The van der Waals surface area contributed by atoms with Gasteiger partial charge in [-0.3, -0.25) is 14.4 Å². The lowest BCUT2D eigenvalue weighted by Gasteiger charge is -2.42. The maximum Gasteiger partial charge on any atom is 0.274 e. The Kier molecular flexibility index (Phi) is 6.08. The van der Waals surface area contributed by atoms with Crippen molar-refractivity contribution in [1.29, 1.82) is 0 Å². The van der Waals surface area contributed by atoms with Gasteiger partial charge in [0.1, 0.15) is 23.4 Å². The Bertz CT molecular complexity index is 1320. The van der Waals surface area contributed by atoms with Gasteiger partial charge in [0.2, 0.25) is 5.43 Å². The molecule has 3 N–H and O–H groups in total. The summed E-state index contributed by atoms with van der Waals surface area (Å²) in [5.41, 5.74) is 4.15. The van der Waals surface area contributed by atoms with Gasteiger partial charge in [-0.1, -0.05) is 18.0 Å². The van der Waals surface area contributed by atoms with Crippen molar-refractivity contribution in [2.75, 3.05) is 13.7 Å². The molecule has 3 aliphatic heterocycles. The smallest absolute Gasteiger partial charge is 0.274 e. The molecular formula is C24H26F2N4O5S. The number of rotatable bonds is 4. The molecule has 3 aliphatic rings. The molecule has 5 rings (SSSR count). The third-order valence-corrected chi connectivity index (χ3v) is 9.13. The van der Waals surface area contributed by atoms with E-state index in [1.165, 1.54) is 34.8 Å². The number of hydrogen-bond acceptors (Lipinski definition) is 7. The molecule has 0 aliphatic carbocycles. The molecule has 4 heterocycles. The van der Waals surface area contributed by atoms with E-state index in [9.17, 15) is 28.3 Å². The number of ether oxygens (including phenoxy) is 1. The second kappa shape index (κ2) is 8.86. The largest absolute Gasteiger partial charge is 0.503 e. The molecule has 2 amide bonds. The van der Waals surface area contributed by atoms with E-state index in [-0.39, 0.29) is 24.8 Å². The SMILES string of the molecule is COC1C[C@@]2(CC[C@H](C)N3C[C@H]2n2cc(C(N)=O)c(=O)c(O)c2C3=O)SN1Cc1ccc(F)cc1F. The zero-order valence-electron chi connectivity index (χ0n) is 19.7. The van der Waals surface area contributed by atoms with Gasteiger partial charge in [-0.25, -0.2) is 13.1 Å². The summed E-state index contributed by atoms with van der Waals surface area (Å²) in [5, 5.41) is 10.7. The summed E-state index contributed by atoms with van der Waals surface area (Å²) in [4.78, 5) is 39.5. The molecule has 12 heteroatoms. The van der Waals surface area contributed by atoms with Crippen LogP contribution in [0.4, 0.5) is 8.78 Å². The first-order chi connectivity index (χ1) is 17.1. The van der Waals surface area contributed by atoms with E-state index in [0.29, 0.717) is 24.8 Å². The van der Waals surface area contributed by atoms with E-state index >= 15 is 0 Å². The Morgan fingerprint density at radius 2 is 2.08 bits per heavy atom. The molecule has 192 valence electrons. The molecule has 2 saturated heterocycles. The molecule has 0 saturated carbocycles. The third-order valence-electron chi connectivity index (χ3n) is 7.52. The van der Waals surface area contributed by atoms with Crippen LogP contribution in [0, 0.1) is 11.6 Å². The van der Waals surface area contributed by atoms with Crippen LogP contribution in [0.5, 0.6) is 5.75 Å². The van der Waals surface area contributed by atoms with Gasteiger partial charge in [-0.05, 0) is 25.8 Å². The fourth-order valence-corrected chi connectivity index (χ4v) is 7.23. The van der Waals surface area contributed by atoms with Crippen LogP contribution in [0.1, 0.15) is 58.6 Å². The van der Waals surface area contributed by atoms with Crippen LogP contribution in [-0.2, 0) is 11.3 Å². The van der Waals surface area contributed by atoms with Crippen molar-refractivity contribution >= 4 is 23.8 Å². The van der Waals surface area contributed by atoms with Crippen LogP contribution in [0.15, 0.2) is 29.2 Å². The van der Waals surface area contributed by atoms with Crippen molar-refractivity contribution in [2.24, 2.45) is 5.73 Å². The number of hydrogen-bond donors (Lipinski definition) is 2. The number of amides is 2. The van der Waals surface area contributed by atoms with Crippen LogP contribution >= 0.6 is 11.9 Å². The average molecular weight is 521 g/mol. The molecule has 1 aromatic carbocycles. The average Bonchev–Trinajstić information content (AvgIpc) is 3.13. The minimum atomic E-state index is -1.00. The first-order valence-corrected chi connectivity index (χ1v) is 12.3. The number of halogens is 2. The number of methoxy groups -OCH3 is 1. The van der Waals surface area contributed by atoms with Gasteiger partial charge in [-0.15, -0.1) is 0 Å². The monoisotopic (exact) mass is 520 g/mol. The maximum atomic E-state index is 14.5. The number of aromatic hydroxyl groups is 1. The zero-order chi connectivity index (χ0) is 25.9. The lowest BCUT2D eigenvalue weighted by atomic mass is 9.88. The Morgan fingerprint density at radius 3 is 2.75 bits per heavy atom. The predicted molar refractivity (Wildman–Crippen MR) is 127 cm³/mol. The molecule has 2 aromatic rings. The van der Waals surface area contributed by atoms with E-state index in [2.05, 4.69) is 0 Å². The molecule has 1 unspecified atom stereocenters. The summed E-state index contributed by atoms with van der Waals surface area (Å²) in [7, 11) is 1.55. The minimum absolute atomic E-state index is 0.150. The highest BCUT2D eigenvalue weighted by Gasteiger charge is 2.56. The number of pyridine rings is 1. The van der Waals surface area contributed by atoms with Crippen molar-refractivity contribution < 1.29 is 28.2 Å². The Labute approximate surface area is 209 Å². The van der Waals surface area contributed by atoms with Crippen molar-refractivity contribution in [2.45, 2.75) is 55.8 Å². The summed E-state index contributed by atoms with van der Waals surface area (Å²) in [6.45, 7) is 2.35. The molecule has 1 aromatic heterocycles. The second-order valence-corrected chi connectivity index (χ2v) is 11.0. The Balaban J connectivity index is 1.61. The highest BCUT2D eigenvalue weighted by Crippen LogP contribution is 2.56. The number of benzene rings is 1. The summed E-state index contributed by atoms with van der Waals surface area (Å²) >= 11 is 1.46. The summed E-state index contributed by atoms with van der Waals surface area (Å²) in [6.07, 6.45) is 2.63. The molecule has 36 heavy (non-hydrogen) atoms. The Hall–Kier alpha value is -2.96. The lowest BCUT2D eigenvalue weighted by molar-refractivity contribution is 0.0138. The van der Waals surface area contributed by atoms with Crippen molar-refractivity contribution in [3.05, 3.63) is 63.1 Å². The predicted octanol–water partition coefficient (Wildman–Crippen LogP) is 2.38. The van der Waals surface area contributed by atoms with Crippen LogP contribution in [0.25, 0.3) is 0 Å². The molecule has 9 nitrogen and oxygen atoms in total. The van der Waals surface area contributed by atoms with Gasteiger partial charge in [0.15, 0.2) is 11.4 Å². The zero-order valence-corrected chi connectivity index (χ0v) is 20.6. The number of aromatic nitrogens is 1. The Morgan fingerprint density at radius 1 is 1.33 bits per heavy atom. The van der Waals surface area contributed by atoms with Crippen molar-refractivity contribution in [1.82, 2.24) is 13.8 Å². The molecular weight excluding hydrogens is 494 g/mol. The molecule has 0 radical (unpaired) electrons. The fraction of sp³-hybridized carbons (Fsp3) is 0.458. The normalized spacial score (nSPS) is 27.8. The topological polar surface area (TPSA) is 118 Å². The number of fused-ring (bicyclic) bond motifs is 5. The first-order valence-electron chi connectivity index (χ1n) is 11.6. The highest BCUT2D eigenvalue weighted by molar-refractivity contribution is 7.98. The summed E-state index contributed by atoms with van der Waals surface area (Å²) in [6, 6.07) is 2.84. The van der Waals surface area contributed by atoms with Crippen LogP contribution < -0.4 is 11.2 Å². The van der Waals surface area contributed by atoms with E-state index in [1.807, 2.05) is 11.2 Å². The van der Waals surface area contributed by atoms with E-state index in [1.54, 1.807) is 12.0 Å². The van der Waals surface area contributed by atoms with Crippen LogP contribution in [0.2, 0.25) is 0 Å². The molecule has 4 atom stereocenters. The second-order valence-electron chi connectivity index (χ2n) is 9.56. The van der Waals surface area contributed by atoms with Crippen LogP contribution in [0.3, 0.4) is 0 Å². The van der Waals surface area contributed by atoms with Crippen LogP contribution in [-0.4, -0.2) is 61.4 Å². The first kappa shape index (κ1) is 24.7. The third kappa shape index (κ3) is 3.78. The van der Waals surface area contributed by atoms with Gasteiger partial charge < -0.3 is 25.0 Å². The summed E-state index contributed by atoms with van der Waals surface area (Å²) in [5.74, 6) is -3.61. The molecule has 1 spiro atoms. The quantitative estimate of drug-likeness (QED) is 0.595.